The zero-order chi connectivity index (χ0) is 21.0. The standard InChI is InChI=1S/C23H25NO4S/c1-17-9-11-22(12-10-17)29(26,27)24-15-18(2)21(16-24)13-20(14-23(25)28-3)19-7-5-4-6-8-19/h4-13,21H,2,14-16H2,1,3H3/b20-13-. The minimum Gasteiger partial charge on any atom is -0.469 e. The third kappa shape index (κ3) is 4.83. The van der Waals surface area contributed by atoms with Gasteiger partial charge in [-0.25, -0.2) is 8.42 Å². The molecule has 0 N–H and O–H groups in total. The maximum Gasteiger partial charge on any atom is 0.309 e. The molecule has 0 aromatic heterocycles. The third-order valence-electron chi connectivity index (χ3n) is 5.07. The summed E-state index contributed by atoms with van der Waals surface area (Å²) in [5, 5.41) is 0. The Balaban J connectivity index is 1.87. The molecule has 6 heteroatoms. The van der Waals surface area contributed by atoms with E-state index in [0.29, 0.717) is 6.54 Å². The lowest BCUT2D eigenvalue weighted by molar-refractivity contribution is -0.139. The number of esters is 1. The summed E-state index contributed by atoms with van der Waals surface area (Å²) in [5.41, 5.74) is 3.52. The van der Waals surface area contributed by atoms with Crippen molar-refractivity contribution >= 4 is 21.6 Å². The topological polar surface area (TPSA) is 63.7 Å². The van der Waals surface area contributed by atoms with E-state index in [1.807, 2.05) is 43.3 Å². The lowest BCUT2D eigenvalue weighted by atomic mass is 9.95. The summed E-state index contributed by atoms with van der Waals surface area (Å²) < 4.78 is 32.3. The third-order valence-corrected chi connectivity index (χ3v) is 6.90. The molecular weight excluding hydrogens is 386 g/mol. The first-order valence-corrected chi connectivity index (χ1v) is 10.8. The number of hydrogen-bond acceptors (Lipinski definition) is 4. The molecule has 5 nitrogen and oxygen atoms in total. The molecule has 1 fully saturated rings. The molecule has 1 aliphatic heterocycles. The Bertz CT molecular complexity index is 1020. The molecular formula is C23H25NO4S. The molecule has 29 heavy (non-hydrogen) atoms. The quantitative estimate of drug-likeness (QED) is 0.536. The average molecular weight is 412 g/mol. The van der Waals surface area contributed by atoms with Gasteiger partial charge >= 0.3 is 5.97 Å². The Morgan fingerprint density at radius 2 is 1.83 bits per heavy atom. The number of rotatable bonds is 6. The molecule has 1 unspecified atom stereocenters. The van der Waals surface area contributed by atoms with Crippen LogP contribution in [0, 0.1) is 12.8 Å². The van der Waals surface area contributed by atoms with Gasteiger partial charge in [0.1, 0.15) is 0 Å². The van der Waals surface area contributed by atoms with Gasteiger partial charge in [-0.2, -0.15) is 4.31 Å². The monoisotopic (exact) mass is 411 g/mol. The fourth-order valence-electron chi connectivity index (χ4n) is 3.35. The Kier molecular flexibility index (Phi) is 6.35. The van der Waals surface area contributed by atoms with Gasteiger partial charge in [0.2, 0.25) is 10.0 Å². The highest BCUT2D eigenvalue weighted by atomic mass is 32.2. The zero-order valence-electron chi connectivity index (χ0n) is 16.7. The van der Waals surface area contributed by atoms with Crippen LogP contribution in [-0.4, -0.2) is 38.9 Å². The number of benzene rings is 2. The van der Waals surface area contributed by atoms with Gasteiger partial charge in [0.15, 0.2) is 0 Å². The van der Waals surface area contributed by atoms with E-state index in [9.17, 15) is 13.2 Å². The molecule has 1 saturated heterocycles. The summed E-state index contributed by atoms with van der Waals surface area (Å²) in [7, 11) is -2.24. The van der Waals surface area contributed by atoms with Crippen molar-refractivity contribution in [3.05, 3.63) is 84.0 Å². The van der Waals surface area contributed by atoms with E-state index in [1.165, 1.54) is 11.4 Å². The maximum atomic E-state index is 13.0. The van der Waals surface area contributed by atoms with Crippen LogP contribution in [0.2, 0.25) is 0 Å². The molecule has 0 radical (unpaired) electrons. The molecule has 3 rings (SSSR count). The van der Waals surface area contributed by atoms with E-state index in [4.69, 9.17) is 4.74 Å². The second-order valence-electron chi connectivity index (χ2n) is 7.19. The molecule has 0 spiro atoms. The number of nitrogens with zero attached hydrogens (tertiary/aromatic N) is 1. The van der Waals surface area contributed by atoms with Gasteiger partial charge < -0.3 is 4.74 Å². The van der Waals surface area contributed by atoms with Crippen molar-refractivity contribution in [2.45, 2.75) is 18.2 Å². The van der Waals surface area contributed by atoms with Gasteiger partial charge in [0.05, 0.1) is 18.4 Å². The van der Waals surface area contributed by atoms with Crippen LogP contribution in [0.5, 0.6) is 0 Å². The Morgan fingerprint density at radius 3 is 2.45 bits per heavy atom. The largest absolute Gasteiger partial charge is 0.469 e. The van der Waals surface area contributed by atoms with E-state index >= 15 is 0 Å². The summed E-state index contributed by atoms with van der Waals surface area (Å²) in [6.07, 6.45) is 2.06. The lowest BCUT2D eigenvalue weighted by Crippen LogP contribution is -2.28. The number of hydrogen-bond donors (Lipinski definition) is 0. The van der Waals surface area contributed by atoms with E-state index in [2.05, 4.69) is 6.58 Å². The van der Waals surface area contributed by atoms with Crippen molar-refractivity contribution in [2.24, 2.45) is 5.92 Å². The van der Waals surface area contributed by atoms with Crippen molar-refractivity contribution in [3.63, 3.8) is 0 Å². The first-order chi connectivity index (χ1) is 13.8. The molecule has 152 valence electrons. The van der Waals surface area contributed by atoms with Crippen LogP contribution in [0.4, 0.5) is 0 Å². The highest BCUT2D eigenvalue weighted by molar-refractivity contribution is 7.89. The summed E-state index contributed by atoms with van der Waals surface area (Å²) in [6.45, 7) is 6.56. The molecule has 0 aliphatic carbocycles. The molecule has 2 aromatic carbocycles. The fourth-order valence-corrected chi connectivity index (χ4v) is 4.82. The van der Waals surface area contributed by atoms with Crippen LogP contribution >= 0.6 is 0 Å². The van der Waals surface area contributed by atoms with E-state index in [-0.39, 0.29) is 29.7 Å². The predicted molar refractivity (Wildman–Crippen MR) is 114 cm³/mol. The Morgan fingerprint density at radius 1 is 1.17 bits per heavy atom. The maximum absolute atomic E-state index is 13.0. The van der Waals surface area contributed by atoms with Gasteiger partial charge in [-0.15, -0.1) is 0 Å². The van der Waals surface area contributed by atoms with Crippen molar-refractivity contribution < 1.29 is 17.9 Å². The van der Waals surface area contributed by atoms with Crippen molar-refractivity contribution in [1.29, 1.82) is 0 Å². The minimum absolute atomic E-state index is 0.120. The van der Waals surface area contributed by atoms with E-state index < -0.39 is 10.0 Å². The summed E-state index contributed by atoms with van der Waals surface area (Å²) in [4.78, 5) is 12.2. The van der Waals surface area contributed by atoms with Crippen LogP contribution in [0.25, 0.3) is 5.57 Å². The second-order valence-corrected chi connectivity index (χ2v) is 9.12. The van der Waals surface area contributed by atoms with Gasteiger partial charge in [-0.1, -0.05) is 66.3 Å². The predicted octanol–water partition coefficient (Wildman–Crippen LogP) is 3.82. The van der Waals surface area contributed by atoms with Crippen LogP contribution in [0.1, 0.15) is 17.5 Å². The molecule has 1 aliphatic rings. The minimum atomic E-state index is -3.60. The normalized spacial score (nSPS) is 18.1. The van der Waals surface area contributed by atoms with Crippen LogP contribution < -0.4 is 0 Å². The molecule has 0 amide bonds. The number of methoxy groups -OCH3 is 1. The van der Waals surface area contributed by atoms with Gasteiger partial charge in [0.25, 0.3) is 0 Å². The molecule has 1 atom stereocenters. The average Bonchev–Trinajstić information content (AvgIpc) is 3.09. The smallest absolute Gasteiger partial charge is 0.309 e. The Labute approximate surface area is 172 Å². The van der Waals surface area contributed by atoms with E-state index in [1.54, 1.807) is 24.3 Å². The number of carbonyl (C=O) groups is 1. The van der Waals surface area contributed by atoms with Crippen molar-refractivity contribution in [3.8, 4) is 0 Å². The van der Waals surface area contributed by atoms with Gasteiger partial charge in [-0.05, 0) is 30.2 Å². The number of sulfonamides is 1. The fraction of sp³-hybridized carbons (Fsp3) is 0.261. The molecule has 2 aromatic rings. The zero-order valence-corrected chi connectivity index (χ0v) is 17.5. The van der Waals surface area contributed by atoms with Crippen LogP contribution in [0.3, 0.4) is 0 Å². The van der Waals surface area contributed by atoms with Crippen LogP contribution in [0.15, 0.2) is 77.7 Å². The summed E-state index contributed by atoms with van der Waals surface area (Å²) in [6, 6.07) is 16.4. The summed E-state index contributed by atoms with van der Waals surface area (Å²) >= 11 is 0. The van der Waals surface area contributed by atoms with Crippen LogP contribution in [-0.2, 0) is 19.6 Å². The second kappa shape index (κ2) is 8.76. The van der Waals surface area contributed by atoms with Gasteiger partial charge in [-0.3, -0.25) is 4.79 Å². The SMILES string of the molecule is C=C1CN(S(=O)(=O)c2ccc(C)cc2)CC1/C=C(/CC(=O)OC)c1ccccc1. The lowest BCUT2D eigenvalue weighted by Gasteiger charge is -2.16. The molecule has 1 heterocycles. The van der Waals surface area contributed by atoms with E-state index in [0.717, 1.165) is 22.3 Å². The molecule has 0 bridgehead atoms. The first-order valence-electron chi connectivity index (χ1n) is 9.38. The number of aryl methyl sites for hydroxylation is 1. The first kappa shape index (κ1) is 21.0. The summed E-state index contributed by atoms with van der Waals surface area (Å²) in [5.74, 6) is -0.511. The highest BCUT2D eigenvalue weighted by Crippen LogP contribution is 2.31. The molecule has 0 saturated carbocycles. The van der Waals surface area contributed by atoms with Gasteiger partial charge in [0, 0.05) is 19.0 Å². The highest BCUT2D eigenvalue weighted by Gasteiger charge is 2.34. The Hall–Kier alpha value is -2.70. The van der Waals surface area contributed by atoms with Crippen molar-refractivity contribution in [2.75, 3.05) is 20.2 Å². The number of ether oxygens (including phenoxy) is 1. The number of carbonyl (C=O) groups excluding carboxylic acids is 1. The van der Waals surface area contributed by atoms with Crippen molar-refractivity contribution in [1.82, 2.24) is 4.31 Å².